The van der Waals surface area contributed by atoms with Crippen LogP contribution in [0.2, 0.25) is 5.02 Å². The van der Waals surface area contributed by atoms with E-state index in [1.54, 1.807) is 36.4 Å². The highest BCUT2D eigenvalue weighted by molar-refractivity contribution is 6.30. The Labute approximate surface area is 143 Å². The molecule has 1 heterocycles. The number of carbonyl (C=O) groups excluding carboxylic acids is 1. The fraction of sp³-hybridized carbons (Fsp3) is 0.176. The molecule has 0 fully saturated rings. The Morgan fingerprint density at radius 1 is 1.21 bits per heavy atom. The Balaban J connectivity index is 1.74. The van der Waals surface area contributed by atoms with Gasteiger partial charge in [-0.05, 0) is 36.8 Å². The summed E-state index contributed by atoms with van der Waals surface area (Å²) < 4.78 is 1.06. The highest BCUT2D eigenvalue weighted by atomic mass is 35.5. The maximum atomic E-state index is 12.3. The van der Waals surface area contributed by atoms with Gasteiger partial charge in [0.05, 0.1) is 11.4 Å². The zero-order valence-corrected chi connectivity index (χ0v) is 13.7. The van der Waals surface area contributed by atoms with E-state index in [0.29, 0.717) is 15.9 Å². The minimum atomic E-state index is -0.338. The molecule has 0 unspecified atom stereocenters. The van der Waals surface area contributed by atoms with Crippen LogP contribution in [0.15, 0.2) is 53.3 Å². The average Bonchev–Trinajstić information content (AvgIpc) is 2.58. The summed E-state index contributed by atoms with van der Waals surface area (Å²) in [6, 6.07) is 13.9. The van der Waals surface area contributed by atoms with Gasteiger partial charge in [0.1, 0.15) is 12.1 Å². The van der Waals surface area contributed by atoms with Crippen LogP contribution in [0.1, 0.15) is 18.5 Å². The molecular weight excluding hydrogens is 328 g/mol. The van der Waals surface area contributed by atoms with Crippen molar-refractivity contribution in [2.24, 2.45) is 0 Å². The minimum absolute atomic E-state index is 0.186. The molecule has 0 aliphatic carbocycles. The Morgan fingerprint density at radius 2 is 1.92 bits per heavy atom. The van der Waals surface area contributed by atoms with Gasteiger partial charge in [-0.2, -0.15) is 0 Å². The first-order chi connectivity index (χ1) is 11.5. The Hall–Kier alpha value is -2.73. The van der Waals surface area contributed by atoms with Gasteiger partial charge in [-0.15, -0.1) is 5.10 Å². The van der Waals surface area contributed by atoms with Crippen LogP contribution in [0.3, 0.4) is 0 Å². The summed E-state index contributed by atoms with van der Waals surface area (Å²) in [7, 11) is 0. The largest absolute Gasteiger partial charge is 0.348 e. The van der Waals surface area contributed by atoms with Crippen molar-refractivity contribution in [1.82, 2.24) is 20.3 Å². The second kappa shape index (κ2) is 6.80. The molecule has 0 aliphatic rings. The Morgan fingerprint density at radius 3 is 2.67 bits per heavy atom. The number of carbonyl (C=O) groups is 1. The molecule has 2 aromatic carbocycles. The summed E-state index contributed by atoms with van der Waals surface area (Å²) in [5.41, 5.74) is 1.09. The van der Waals surface area contributed by atoms with Crippen LogP contribution in [0, 0.1) is 0 Å². The van der Waals surface area contributed by atoms with Gasteiger partial charge < -0.3 is 5.32 Å². The summed E-state index contributed by atoms with van der Waals surface area (Å²) in [4.78, 5) is 24.5. The van der Waals surface area contributed by atoms with E-state index in [0.717, 1.165) is 10.2 Å². The molecule has 1 atom stereocenters. The number of nitrogens with zero attached hydrogens (tertiary/aromatic N) is 3. The smallest absolute Gasteiger partial charge is 0.278 e. The summed E-state index contributed by atoms with van der Waals surface area (Å²) in [6.45, 7) is 1.67. The third-order valence-corrected chi connectivity index (χ3v) is 3.92. The monoisotopic (exact) mass is 342 g/mol. The third-order valence-electron chi connectivity index (χ3n) is 3.67. The van der Waals surface area contributed by atoms with Gasteiger partial charge in [0.2, 0.25) is 5.91 Å². The maximum absolute atomic E-state index is 12.3. The molecule has 0 bridgehead atoms. The zero-order chi connectivity index (χ0) is 17.1. The van der Waals surface area contributed by atoms with Crippen molar-refractivity contribution in [3.63, 3.8) is 0 Å². The van der Waals surface area contributed by atoms with Crippen molar-refractivity contribution in [2.45, 2.75) is 19.5 Å². The number of nitrogens with one attached hydrogen (secondary N) is 1. The second-order valence-electron chi connectivity index (χ2n) is 5.41. The molecule has 0 saturated carbocycles. The van der Waals surface area contributed by atoms with E-state index < -0.39 is 0 Å². The molecular formula is C17H15ClN4O2. The van der Waals surface area contributed by atoms with Gasteiger partial charge in [0, 0.05) is 5.02 Å². The SMILES string of the molecule is C[C@H](NC(=O)Cn1nnc2ccccc2c1=O)c1ccc(Cl)cc1. The summed E-state index contributed by atoms with van der Waals surface area (Å²) >= 11 is 5.85. The molecule has 7 heteroatoms. The summed E-state index contributed by atoms with van der Waals surface area (Å²) in [5, 5.41) is 11.7. The predicted molar refractivity (Wildman–Crippen MR) is 91.8 cm³/mol. The van der Waals surface area contributed by atoms with Crippen molar-refractivity contribution in [2.75, 3.05) is 0 Å². The zero-order valence-electron chi connectivity index (χ0n) is 12.9. The van der Waals surface area contributed by atoms with E-state index in [4.69, 9.17) is 11.6 Å². The van der Waals surface area contributed by atoms with Crippen LogP contribution < -0.4 is 10.9 Å². The standard InChI is InChI=1S/C17H15ClN4O2/c1-11(12-6-8-13(18)9-7-12)19-16(23)10-22-17(24)14-4-2-3-5-15(14)20-21-22/h2-9,11H,10H2,1H3,(H,19,23)/t11-/m0/s1. The van der Waals surface area contributed by atoms with Crippen LogP contribution in [0.4, 0.5) is 0 Å². The highest BCUT2D eigenvalue weighted by Gasteiger charge is 2.13. The van der Waals surface area contributed by atoms with Gasteiger partial charge >= 0.3 is 0 Å². The lowest BCUT2D eigenvalue weighted by atomic mass is 10.1. The van der Waals surface area contributed by atoms with Crippen molar-refractivity contribution >= 4 is 28.4 Å². The minimum Gasteiger partial charge on any atom is -0.348 e. The number of aromatic nitrogens is 3. The van der Waals surface area contributed by atoms with Crippen LogP contribution in [0.25, 0.3) is 10.9 Å². The van der Waals surface area contributed by atoms with E-state index in [2.05, 4.69) is 15.6 Å². The van der Waals surface area contributed by atoms with E-state index in [9.17, 15) is 9.59 Å². The van der Waals surface area contributed by atoms with Crippen molar-refractivity contribution < 1.29 is 4.79 Å². The first kappa shape index (κ1) is 16.1. The molecule has 24 heavy (non-hydrogen) atoms. The van der Waals surface area contributed by atoms with Crippen molar-refractivity contribution in [1.29, 1.82) is 0 Å². The number of benzene rings is 2. The third kappa shape index (κ3) is 3.44. The van der Waals surface area contributed by atoms with Crippen molar-refractivity contribution in [3.8, 4) is 0 Å². The second-order valence-corrected chi connectivity index (χ2v) is 5.85. The first-order valence-corrected chi connectivity index (χ1v) is 7.80. The van der Waals surface area contributed by atoms with Crippen LogP contribution in [-0.4, -0.2) is 20.9 Å². The van der Waals surface area contributed by atoms with Crippen molar-refractivity contribution in [3.05, 3.63) is 69.5 Å². The lowest BCUT2D eigenvalue weighted by Gasteiger charge is -2.14. The van der Waals surface area contributed by atoms with E-state index in [1.165, 1.54) is 0 Å². The molecule has 1 amide bonds. The molecule has 0 radical (unpaired) electrons. The van der Waals surface area contributed by atoms with E-state index in [-0.39, 0.29) is 24.1 Å². The van der Waals surface area contributed by atoms with Crippen LogP contribution in [-0.2, 0) is 11.3 Å². The molecule has 3 aromatic rings. The number of halogens is 1. The number of rotatable bonds is 4. The van der Waals surface area contributed by atoms with Gasteiger partial charge in [-0.25, -0.2) is 4.68 Å². The number of amides is 1. The van der Waals surface area contributed by atoms with Gasteiger partial charge in [-0.3, -0.25) is 9.59 Å². The first-order valence-electron chi connectivity index (χ1n) is 7.42. The maximum Gasteiger partial charge on any atom is 0.278 e. The lowest BCUT2D eigenvalue weighted by Crippen LogP contribution is -2.35. The van der Waals surface area contributed by atoms with Gasteiger partial charge in [0.15, 0.2) is 0 Å². The molecule has 1 aromatic heterocycles. The normalized spacial score (nSPS) is 12.1. The molecule has 3 rings (SSSR count). The van der Waals surface area contributed by atoms with Gasteiger partial charge in [-0.1, -0.05) is 41.1 Å². The molecule has 0 saturated heterocycles. The Kier molecular flexibility index (Phi) is 4.57. The van der Waals surface area contributed by atoms with E-state index in [1.807, 2.05) is 19.1 Å². The molecule has 6 nitrogen and oxygen atoms in total. The molecule has 0 spiro atoms. The molecule has 0 aliphatic heterocycles. The number of hydrogen-bond acceptors (Lipinski definition) is 4. The number of hydrogen-bond donors (Lipinski definition) is 1. The quantitative estimate of drug-likeness (QED) is 0.789. The number of fused-ring (bicyclic) bond motifs is 1. The van der Waals surface area contributed by atoms with Crippen LogP contribution in [0.5, 0.6) is 0 Å². The Bertz CT molecular complexity index is 937. The molecule has 1 N–H and O–H groups in total. The fourth-order valence-electron chi connectivity index (χ4n) is 2.38. The summed E-state index contributed by atoms with van der Waals surface area (Å²) in [6.07, 6.45) is 0. The van der Waals surface area contributed by atoms with Crippen LogP contribution >= 0.6 is 11.6 Å². The topological polar surface area (TPSA) is 76.9 Å². The lowest BCUT2D eigenvalue weighted by molar-refractivity contribution is -0.122. The predicted octanol–water partition coefficient (Wildman–Crippen LogP) is 2.32. The summed E-state index contributed by atoms with van der Waals surface area (Å²) in [5.74, 6) is -0.316. The average molecular weight is 343 g/mol. The van der Waals surface area contributed by atoms with Gasteiger partial charge in [0.25, 0.3) is 5.56 Å². The fourth-order valence-corrected chi connectivity index (χ4v) is 2.51. The highest BCUT2D eigenvalue weighted by Crippen LogP contribution is 2.15. The van der Waals surface area contributed by atoms with E-state index >= 15 is 0 Å². The molecule has 122 valence electrons.